The number of aryl methyl sites for hydroxylation is 1. The van der Waals surface area contributed by atoms with Crippen LogP contribution in [-0.4, -0.2) is 33.2 Å². The van der Waals surface area contributed by atoms with Crippen molar-refractivity contribution in [1.82, 2.24) is 5.32 Å². The Bertz CT molecular complexity index is 1220. The van der Waals surface area contributed by atoms with E-state index in [9.17, 15) is 17.6 Å². The number of carbonyl (C=O) groups is 1. The molecular weight excluding hydrogens is 495 g/mol. The van der Waals surface area contributed by atoms with Crippen molar-refractivity contribution < 1.29 is 17.6 Å². The molecule has 0 spiro atoms. The number of halogens is 2. The maximum Gasteiger partial charge on any atom is 0.264 e. The second kappa shape index (κ2) is 12.2. The smallest absolute Gasteiger partial charge is 0.264 e. The number of sulfonamides is 1. The number of amides is 1. The number of hydrogen-bond donors (Lipinski definition) is 1. The maximum atomic E-state index is 13.7. The Balaban J connectivity index is 1.59. The summed E-state index contributed by atoms with van der Waals surface area (Å²) >= 11 is 7.65. The molecule has 0 atom stereocenters. The number of anilines is 1. The van der Waals surface area contributed by atoms with Gasteiger partial charge in [-0.25, -0.2) is 12.8 Å². The van der Waals surface area contributed by atoms with E-state index < -0.39 is 28.3 Å². The Morgan fingerprint density at radius 1 is 1.06 bits per heavy atom. The van der Waals surface area contributed by atoms with Crippen LogP contribution >= 0.6 is 23.4 Å². The summed E-state index contributed by atoms with van der Waals surface area (Å²) in [5, 5.41) is 2.55. The number of benzene rings is 3. The fraction of sp³-hybridized carbons (Fsp3) is 0.240. The predicted molar refractivity (Wildman–Crippen MR) is 137 cm³/mol. The lowest BCUT2D eigenvalue weighted by Crippen LogP contribution is -2.41. The van der Waals surface area contributed by atoms with Crippen molar-refractivity contribution in [3.05, 3.63) is 94.8 Å². The number of rotatable bonds is 11. The highest BCUT2D eigenvalue weighted by Crippen LogP contribution is 2.27. The van der Waals surface area contributed by atoms with Gasteiger partial charge in [-0.15, -0.1) is 0 Å². The van der Waals surface area contributed by atoms with Crippen molar-refractivity contribution in [3.8, 4) is 0 Å². The van der Waals surface area contributed by atoms with Crippen LogP contribution in [0.4, 0.5) is 10.1 Å². The van der Waals surface area contributed by atoms with Crippen LogP contribution < -0.4 is 9.62 Å². The maximum absolute atomic E-state index is 13.7. The zero-order chi connectivity index (χ0) is 24.6. The summed E-state index contributed by atoms with van der Waals surface area (Å²) < 4.78 is 41.1. The van der Waals surface area contributed by atoms with E-state index in [4.69, 9.17) is 11.6 Å². The van der Waals surface area contributed by atoms with Crippen LogP contribution in [0, 0.1) is 12.7 Å². The minimum atomic E-state index is -4.06. The molecule has 3 aromatic carbocycles. The lowest BCUT2D eigenvalue weighted by molar-refractivity contribution is -0.119. The summed E-state index contributed by atoms with van der Waals surface area (Å²) in [6.45, 7) is 2.03. The van der Waals surface area contributed by atoms with Crippen molar-refractivity contribution in [2.24, 2.45) is 0 Å². The van der Waals surface area contributed by atoms with Crippen molar-refractivity contribution >= 4 is 45.0 Å². The second-order valence-electron chi connectivity index (χ2n) is 7.67. The first-order chi connectivity index (χ1) is 16.3. The van der Waals surface area contributed by atoms with Crippen LogP contribution in [0.25, 0.3) is 0 Å². The predicted octanol–water partition coefficient (Wildman–Crippen LogP) is 5.42. The Morgan fingerprint density at radius 2 is 1.82 bits per heavy atom. The SMILES string of the molecule is Cc1cccc(CSCCCNC(=O)CN(c2ccc(F)c(Cl)c2)S(=O)(=O)c2ccccc2)c1. The second-order valence-corrected chi connectivity index (χ2v) is 11.0. The lowest BCUT2D eigenvalue weighted by Gasteiger charge is -2.24. The molecule has 0 unspecified atom stereocenters. The zero-order valence-electron chi connectivity index (χ0n) is 18.7. The van der Waals surface area contributed by atoms with Gasteiger partial charge in [0.05, 0.1) is 15.6 Å². The highest BCUT2D eigenvalue weighted by molar-refractivity contribution is 7.98. The summed E-state index contributed by atoms with van der Waals surface area (Å²) in [5.41, 5.74) is 2.59. The van der Waals surface area contributed by atoms with Gasteiger partial charge in [-0.1, -0.05) is 59.6 Å². The number of thioether (sulfide) groups is 1. The van der Waals surface area contributed by atoms with E-state index in [1.807, 2.05) is 6.07 Å². The third-order valence-corrected chi connectivity index (χ3v) is 8.14. The van der Waals surface area contributed by atoms with Gasteiger partial charge in [0.2, 0.25) is 5.91 Å². The lowest BCUT2D eigenvalue weighted by atomic mass is 10.2. The van der Waals surface area contributed by atoms with Crippen molar-refractivity contribution in [1.29, 1.82) is 0 Å². The molecule has 0 bridgehead atoms. The number of nitrogens with zero attached hydrogens (tertiary/aromatic N) is 1. The summed E-state index contributed by atoms with van der Waals surface area (Å²) in [4.78, 5) is 12.6. The summed E-state index contributed by atoms with van der Waals surface area (Å²) in [6.07, 6.45) is 0.746. The molecule has 1 amide bonds. The fourth-order valence-corrected chi connectivity index (χ4v) is 5.77. The van der Waals surface area contributed by atoms with Crippen LogP contribution in [0.15, 0.2) is 77.7 Å². The molecule has 5 nitrogen and oxygen atoms in total. The van der Waals surface area contributed by atoms with Gasteiger partial charge in [-0.05, 0) is 55.0 Å². The van der Waals surface area contributed by atoms with Gasteiger partial charge >= 0.3 is 0 Å². The molecule has 0 saturated heterocycles. The molecule has 0 fully saturated rings. The minimum Gasteiger partial charge on any atom is -0.354 e. The third kappa shape index (κ3) is 7.22. The van der Waals surface area contributed by atoms with Gasteiger partial charge < -0.3 is 5.32 Å². The van der Waals surface area contributed by atoms with Crippen LogP contribution in [0.5, 0.6) is 0 Å². The van der Waals surface area contributed by atoms with Gasteiger partial charge in [0.1, 0.15) is 12.4 Å². The molecule has 0 saturated carbocycles. The van der Waals surface area contributed by atoms with E-state index in [2.05, 4.69) is 30.4 Å². The molecule has 0 aromatic heterocycles. The third-order valence-electron chi connectivity index (χ3n) is 4.95. The molecular formula is C25H26ClFN2O3S2. The van der Waals surface area contributed by atoms with Crippen LogP contribution in [0.2, 0.25) is 5.02 Å². The monoisotopic (exact) mass is 520 g/mol. The Morgan fingerprint density at radius 3 is 2.53 bits per heavy atom. The molecule has 3 rings (SSSR count). The van der Waals surface area contributed by atoms with Gasteiger partial charge in [-0.3, -0.25) is 9.10 Å². The van der Waals surface area contributed by atoms with Crippen LogP contribution in [0.1, 0.15) is 17.5 Å². The van der Waals surface area contributed by atoms with E-state index in [0.29, 0.717) is 6.54 Å². The molecule has 9 heteroatoms. The van der Waals surface area contributed by atoms with E-state index in [1.165, 1.54) is 35.4 Å². The molecule has 0 aliphatic heterocycles. The topological polar surface area (TPSA) is 66.5 Å². The van der Waals surface area contributed by atoms with Gasteiger partial charge in [0.15, 0.2) is 0 Å². The zero-order valence-corrected chi connectivity index (χ0v) is 21.1. The minimum absolute atomic E-state index is 0.0239. The largest absolute Gasteiger partial charge is 0.354 e. The molecule has 0 radical (unpaired) electrons. The molecule has 0 aliphatic rings. The standard InChI is InChI=1S/C25H26ClFN2O3S2/c1-19-7-5-8-20(15-19)18-33-14-6-13-28-25(30)17-29(21-11-12-24(27)23(26)16-21)34(31,32)22-9-3-2-4-10-22/h2-5,7-12,15-16H,6,13-14,17-18H2,1H3,(H,28,30). The Labute approximate surface area is 209 Å². The van der Waals surface area contributed by atoms with E-state index in [0.717, 1.165) is 28.3 Å². The van der Waals surface area contributed by atoms with Crippen molar-refractivity contribution in [3.63, 3.8) is 0 Å². The molecule has 1 N–H and O–H groups in total. The van der Waals surface area contributed by atoms with Crippen molar-refractivity contribution in [2.45, 2.75) is 24.0 Å². The van der Waals surface area contributed by atoms with Crippen molar-refractivity contribution in [2.75, 3.05) is 23.1 Å². The van der Waals surface area contributed by atoms with E-state index in [1.54, 1.807) is 30.0 Å². The molecule has 34 heavy (non-hydrogen) atoms. The molecule has 0 heterocycles. The van der Waals surface area contributed by atoms with Gasteiger partial charge in [0.25, 0.3) is 10.0 Å². The fourth-order valence-electron chi connectivity index (χ4n) is 3.26. The number of hydrogen-bond acceptors (Lipinski definition) is 4. The number of carbonyl (C=O) groups excluding carboxylic acids is 1. The average Bonchev–Trinajstić information content (AvgIpc) is 2.82. The highest BCUT2D eigenvalue weighted by atomic mass is 35.5. The van der Waals surface area contributed by atoms with Gasteiger partial charge in [0, 0.05) is 12.3 Å². The quantitative estimate of drug-likeness (QED) is 0.343. The Hall–Kier alpha value is -2.55. The van der Waals surface area contributed by atoms with E-state index >= 15 is 0 Å². The summed E-state index contributed by atoms with van der Waals surface area (Å²) in [7, 11) is -4.06. The molecule has 0 aliphatic carbocycles. The van der Waals surface area contributed by atoms with E-state index in [-0.39, 0.29) is 15.6 Å². The first kappa shape index (κ1) is 26.1. The summed E-state index contributed by atoms with van der Waals surface area (Å²) in [6, 6.07) is 19.7. The van der Waals surface area contributed by atoms with Gasteiger partial charge in [-0.2, -0.15) is 11.8 Å². The first-order valence-corrected chi connectivity index (χ1v) is 13.7. The van der Waals surface area contributed by atoms with Crippen LogP contribution in [0.3, 0.4) is 0 Å². The first-order valence-electron chi connectivity index (χ1n) is 10.7. The number of nitrogens with one attached hydrogen (secondary N) is 1. The normalized spacial score (nSPS) is 11.3. The molecule has 3 aromatic rings. The van der Waals surface area contributed by atoms with Crippen LogP contribution in [-0.2, 0) is 20.6 Å². The Kier molecular flexibility index (Phi) is 9.38. The molecule has 180 valence electrons. The highest BCUT2D eigenvalue weighted by Gasteiger charge is 2.27. The summed E-state index contributed by atoms with van der Waals surface area (Å²) in [5.74, 6) is 0.622. The average molecular weight is 521 g/mol.